The number of pyridine rings is 1. The Morgan fingerprint density at radius 3 is 2.66 bits per heavy atom. The molecule has 0 spiro atoms. The quantitative estimate of drug-likeness (QED) is 0.392. The number of thioether (sulfide) groups is 1. The number of carbonyl (C=O) groups excluding carboxylic acids is 1. The average Bonchev–Trinajstić information content (AvgIpc) is 2.83. The normalized spacial score (nSPS) is 16.5. The van der Waals surface area contributed by atoms with Gasteiger partial charge in [0.1, 0.15) is 11.5 Å². The number of carbonyl (C=O) groups is 1. The number of ether oxygens (including phenoxy) is 1. The van der Waals surface area contributed by atoms with E-state index < -0.39 is 0 Å². The first-order valence-electron chi connectivity index (χ1n) is 10.9. The molecule has 1 aliphatic rings. The van der Waals surface area contributed by atoms with Gasteiger partial charge in [0.2, 0.25) is 5.91 Å². The monoisotopic (exact) mass is 449 g/mol. The van der Waals surface area contributed by atoms with Gasteiger partial charge in [-0.15, -0.1) is 0 Å². The van der Waals surface area contributed by atoms with Crippen LogP contribution in [-0.2, 0) is 11.3 Å². The van der Waals surface area contributed by atoms with Gasteiger partial charge in [0.15, 0.2) is 5.16 Å². The van der Waals surface area contributed by atoms with Gasteiger partial charge >= 0.3 is 0 Å². The van der Waals surface area contributed by atoms with Crippen LogP contribution in [0.15, 0.2) is 66.3 Å². The molecule has 1 N–H and O–H groups in total. The molecule has 0 radical (unpaired) electrons. The Bertz CT molecular complexity index is 999. The molecule has 1 aliphatic heterocycles. The van der Waals surface area contributed by atoms with Gasteiger partial charge in [0, 0.05) is 36.4 Å². The van der Waals surface area contributed by atoms with Gasteiger partial charge in [-0.05, 0) is 61.5 Å². The summed E-state index contributed by atoms with van der Waals surface area (Å²) in [6.07, 6.45) is 10.1. The molecule has 1 atom stereocenters. The molecule has 0 unspecified atom stereocenters. The molecule has 32 heavy (non-hydrogen) atoms. The number of benzene rings is 1. The first kappa shape index (κ1) is 22.2. The van der Waals surface area contributed by atoms with Gasteiger partial charge < -0.3 is 10.1 Å². The third-order valence-electron chi connectivity index (χ3n) is 5.25. The van der Waals surface area contributed by atoms with E-state index in [1.807, 2.05) is 48.8 Å². The minimum atomic E-state index is -0.167. The third kappa shape index (κ3) is 6.05. The van der Waals surface area contributed by atoms with Crippen molar-refractivity contribution in [3.05, 3.63) is 66.7 Å². The number of anilines is 1. The van der Waals surface area contributed by atoms with E-state index in [9.17, 15) is 4.79 Å². The molecule has 2 aromatic heterocycles. The van der Waals surface area contributed by atoms with E-state index in [0.717, 1.165) is 48.0 Å². The predicted molar refractivity (Wildman–Crippen MR) is 126 cm³/mol. The molecular formula is C24H27N5O2S. The van der Waals surface area contributed by atoms with Crippen molar-refractivity contribution in [2.75, 3.05) is 17.6 Å². The molecule has 1 fully saturated rings. The Morgan fingerprint density at radius 2 is 1.94 bits per heavy atom. The van der Waals surface area contributed by atoms with Crippen LogP contribution in [0.25, 0.3) is 0 Å². The molecule has 8 heteroatoms. The zero-order valence-electron chi connectivity index (χ0n) is 18.1. The molecule has 4 rings (SSSR count). The Hall–Kier alpha value is -2.97. The minimum Gasteiger partial charge on any atom is -0.456 e. The van der Waals surface area contributed by atoms with Crippen LogP contribution in [0, 0.1) is 0 Å². The lowest BCUT2D eigenvalue weighted by Gasteiger charge is -2.34. The van der Waals surface area contributed by atoms with E-state index in [2.05, 4.69) is 32.1 Å². The summed E-state index contributed by atoms with van der Waals surface area (Å²) in [5.41, 5.74) is 1.78. The van der Waals surface area contributed by atoms with E-state index in [1.54, 1.807) is 24.2 Å². The van der Waals surface area contributed by atoms with E-state index >= 15 is 0 Å². The summed E-state index contributed by atoms with van der Waals surface area (Å²) in [6.45, 7) is 3.65. The van der Waals surface area contributed by atoms with Crippen LogP contribution < -0.4 is 10.1 Å². The van der Waals surface area contributed by atoms with Gasteiger partial charge in [0.05, 0.1) is 12.2 Å². The molecule has 3 heterocycles. The maximum Gasteiger partial charge on any atom is 0.241 e. The molecule has 0 aliphatic carbocycles. The number of likely N-dealkylation sites (tertiary alicyclic amines) is 1. The van der Waals surface area contributed by atoms with Crippen LogP contribution in [0.5, 0.6) is 11.5 Å². The molecule has 1 saturated heterocycles. The van der Waals surface area contributed by atoms with E-state index in [-0.39, 0.29) is 11.9 Å². The van der Waals surface area contributed by atoms with Crippen LogP contribution in [0.1, 0.15) is 31.7 Å². The van der Waals surface area contributed by atoms with Crippen molar-refractivity contribution >= 4 is 23.4 Å². The molecule has 1 aromatic carbocycles. The topological polar surface area (TPSA) is 80.2 Å². The van der Waals surface area contributed by atoms with E-state index in [4.69, 9.17) is 4.74 Å². The Labute approximate surface area is 192 Å². The van der Waals surface area contributed by atoms with Gasteiger partial charge in [0.25, 0.3) is 0 Å². The number of nitrogens with one attached hydrogen (secondary N) is 1. The van der Waals surface area contributed by atoms with Crippen molar-refractivity contribution in [3.8, 4) is 11.5 Å². The van der Waals surface area contributed by atoms with Crippen LogP contribution >= 0.6 is 11.8 Å². The molecule has 0 bridgehead atoms. The lowest BCUT2D eigenvalue weighted by Crippen LogP contribution is -2.46. The number of hydrogen-bond donors (Lipinski definition) is 1. The standard InChI is InChI=1S/C24H27N5O2S/c1-2-32-24-26-14-18(15-27-24)17-29-13-4-3-7-22(29)23(30)28-19-8-10-20(11-9-19)31-21-6-5-12-25-16-21/h5-6,8-12,14-16,22H,2-4,7,13,17H2,1H3,(H,28,30)/t22-/m1/s1. The van der Waals surface area contributed by atoms with Crippen molar-refractivity contribution in [3.63, 3.8) is 0 Å². The molecule has 1 amide bonds. The second-order valence-electron chi connectivity index (χ2n) is 7.59. The summed E-state index contributed by atoms with van der Waals surface area (Å²) in [4.78, 5) is 28.2. The second-order valence-corrected chi connectivity index (χ2v) is 8.82. The van der Waals surface area contributed by atoms with Crippen molar-refractivity contribution in [2.24, 2.45) is 0 Å². The predicted octanol–water partition coefficient (Wildman–Crippen LogP) is 4.77. The van der Waals surface area contributed by atoms with Gasteiger partial charge in [-0.25, -0.2) is 9.97 Å². The first-order valence-corrected chi connectivity index (χ1v) is 11.9. The summed E-state index contributed by atoms with van der Waals surface area (Å²) >= 11 is 1.63. The van der Waals surface area contributed by atoms with Gasteiger partial charge in [-0.1, -0.05) is 25.1 Å². The summed E-state index contributed by atoms with van der Waals surface area (Å²) in [5.74, 6) is 2.33. The fourth-order valence-corrected chi connectivity index (χ4v) is 4.23. The number of rotatable bonds is 8. The minimum absolute atomic E-state index is 0.0182. The number of aromatic nitrogens is 3. The Kier molecular flexibility index (Phi) is 7.68. The molecular weight excluding hydrogens is 422 g/mol. The van der Waals surface area contributed by atoms with Crippen molar-refractivity contribution in [1.82, 2.24) is 19.9 Å². The number of piperidine rings is 1. The van der Waals surface area contributed by atoms with Crippen molar-refractivity contribution < 1.29 is 9.53 Å². The zero-order valence-corrected chi connectivity index (χ0v) is 18.9. The maximum absolute atomic E-state index is 13.1. The average molecular weight is 450 g/mol. The Morgan fingerprint density at radius 1 is 1.12 bits per heavy atom. The van der Waals surface area contributed by atoms with Gasteiger partial charge in [-0.2, -0.15) is 0 Å². The fourth-order valence-electron chi connectivity index (χ4n) is 3.72. The lowest BCUT2D eigenvalue weighted by atomic mass is 10.0. The molecule has 0 saturated carbocycles. The highest BCUT2D eigenvalue weighted by atomic mass is 32.2. The zero-order chi connectivity index (χ0) is 22.2. The van der Waals surface area contributed by atoms with Gasteiger partial charge in [-0.3, -0.25) is 14.7 Å². The van der Waals surface area contributed by atoms with Crippen LogP contribution in [0.2, 0.25) is 0 Å². The third-order valence-corrected chi connectivity index (χ3v) is 6.01. The lowest BCUT2D eigenvalue weighted by molar-refractivity contribution is -0.122. The summed E-state index contributed by atoms with van der Waals surface area (Å²) < 4.78 is 5.76. The molecule has 3 aromatic rings. The highest BCUT2D eigenvalue weighted by Gasteiger charge is 2.29. The largest absolute Gasteiger partial charge is 0.456 e. The van der Waals surface area contributed by atoms with Crippen molar-refractivity contribution in [1.29, 1.82) is 0 Å². The maximum atomic E-state index is 13.1. The van der Waals surface area contributed by atoms with Crippen LogP contribution in [0.3, 0.4) is 0 Å². The fraction of sp³-hybridized carbons (Fsp3) is 0.333. The molecule has 7 nitrogen and oxygen atoms in total. The summed E-state index contributed by atoms with van der Waals surface area (Å²) in [7, 11) is 0. The SMILES string of the molecule is CCSc1ncc(CN2CCCC[C@@H]2C(=O)Nc2ccc(Oc3cccnc3)cc2)cn1. The second kappa shape index (κ2) is 11.1. The van der Waals surface area contributed by atoms with E-state index in [0.29, 0.717) is 18.0 Å². The van der Waals surface area contributed by atoms with Crippen LogP contribution in [-0.4, -0.2) is 44.1 Å². The number of nitrogens with zero attached hydrogens (tertiary/aromatic N) is 4. The smallest absolute Gasteiger partial charge is 0.241 e. The first-order chi connectivity index (χ1) is 15.7. The number of amides is 1. The highest BCUT2D eigenvalue weighted by molar-refractivity contribution is 7.99. The summed E-state index contributed by atoms with van der Waals surface area (Å²) in [6, 6.07) is 10.9. The highest BCUT2D eigenvalue weighted by Crippen LogP contribution is 2.24. The molecule has 166 valence electrons. The number of hydrogen-bond acceptors (Lipinski definition) is 7. The van der Waals surface area contributed by atoms with E-state index in [1.165, 1.54) is 0 Å². The van der Waals surface area contributed by atoms with Crippen molar-refractivity contribution in [2.45, 2.75) is 43.9 Å². The van der Waals surface area contributed by atoms with Crippen LogP contribution in [0.4, 0.5) is 5.69 Å². The Balaban J connectivity index is 1.36. The summed E-state index contributed by atoms with van der Waals surface area (Å²) in [5, 5.41) is 3.85.